The molecule has 2 rings (SSSR count). The van der Waals surface area contributed by atoms with Crippen molar-refractivity contribution < 1.29 is 18.0 Å². The molecule has 0 aliphatic carbocycles. The predicted molar refractivity (Wildman–Crippen MR) is 62.1 cm³/mol. The molecule has 100 valence electrons. The molecular formula is C11H13F3N2OS. The molecule has 3 nitrogen and oxygen atoms in total. The van der Waals surface area contributed by atoms with Crippen LogP contribution in [0.5, 0.6) is 0 Å². The Labute approximate surface area is 106 Å². The van der Waals surface area contributed by atoms with E-state index in [1.807, 2.05) is 16.8 Å². The molecule has 1 aromatic heterocycles. The van der Waals surface area contributed by atoms with Crippen LogP contribution < -0.4 is 5.73 Å². The van der Waals surface area contributed by atoms with Crippen LogP contribution in [0.25, 0.3) is 0 Å². The minimum atomic E-state index is -4.79. The summed E-state index contributed by atoms with van der Waals surface area (Å²) in [7, 11) is 0. The van der Waals surface area contributed by atoms with Gasteiger partial charge in [-0.3, -0.25) is 4.79 Å². The minimum absolute atomic E-state index is 0.0463. The first kappa shape index (κ1) is 13.4. The van der Waals surface area contributed by atoms with Crippen molar-refractivity contribution in [3.05, 3.63) is 22.4 Å². The van der Waals surface area contributed by atoms with Gasteiger partial charge in [-0.2, -0.15) is 24.5 Å². The first-order chi connectivity index (χ1) is 8.33. The van der Waals surface area contributed by atoms with E-state index in [4.69, 9.17) is 5.73 Å². The van der Waals surface area contributed by atoms with Crippen molar-refractivity contribution in [1.82, 2.24) is 4.90 Å². The van der Waals surface area contributed by atoms with Crippen LogP contribution in [-0.4, -0.2) is 30.1 Å². The van der Waals surface area contributed by atoms with Crippen LogP contribution in [0.15, 0.2) is 16.8 Å². The summed E-state index contributed by atoms with van der Waals surface area (Å²) in [6.45, 7) is 0.0926. The summed E-state index contributed by atoms with van der Waals surface area (Å²) in [6.07, 6.45) is -4.09. The van der Waals surface area contributed by atoms with Crippen LogP contribution in [0.2, 0.25) is 0 Å². The Morgan fingerprint density at radius 2 is 2.00 bits per heavy atom. The molecule has 1 saturated heterocycles. The number of thiophene rings is 1. The zero-order valence-electron chi connectivity index (χ0n) is 9.54. The van der Waals surface area contributed by atoms with Gasteiger partial charge in [-0.15, -0.1) is 0 Å². The van der Waals surface area contributed by atoms with Gasteiger partial charge in [-0.05, 0) is 35.2 Å². The van der Waals surface area contributed by atoms with Crippen molar-refractivity contribution in [1.29, 1.82) is 0 Å². The van der Waals surface area contributed by atoms with Crippen molar-refractivity contribution >= 4 is 17.2 Å². The monoisotopic (exact) mass is 278 g/mol. The first-order valence-electron chi connectivity index (χ1n) is 5.51. The lowest BCUT2D eigenvalue weighted by Crippen LogP contribution is -2.52. The zero-order chi connectivity index (χ0) is 13.4. The lowest BCUT2D eigenvalue weighted by molar-refractivity contribution is -0.186. The highest BCUT2D eigenvalue weighted by Crippen LogP contribution is 2.33. The predicted octanol–water partition coefficient (Wildman–Crippen LogP) is 2.09. The number of carbonyl (C=O) groups excluding carboxylic acids is 1. The van der Waals surface area contributed by atoms with Crippen LogP contribution in [0.1, 0.15) is 18.4 Å². The fraction of sp³-hybridized carbons (Fsp3) is 0.545. The van der Waals surface area contributed by atoms with Gasteiger partial charge in [-0.25, -0.2) is 0 Å². The van der Waals surface area contributed by atoms with Crippen molar-refractivity contribution in [2.45, 2.75) is 24.6 Å². The third-order valence-electron chi connectivity index (χ3n) is 3.28. The van der Waals surface area contributed by atoms with Crippen LogP contribution in [-0.2, 0) is 10.3 Å². The van der Waals surface area contributed by atoms with Crippen LogP contribution >= 0.6 is 11.3 Å². The molecular weight excluding hydrogens is 265 g/mol. The molecule has 2 N–H and O–H groups in total. The highest BCUT2D eigenvalue weighted by Gasteiger charge is 2.45. The van der Waals surface area contributed by atoms with Crippen molar-refractivity contribution in [2.24, 2.45) is 5.73 Å². The molecule has 1 aliphatic heterocycles. The lowest BCUT2D eigenvalue weighted by Gasteiger charge is -2.39. The Morgan fingerprint density at radius 3 is 2.44 bits per heavy atom. The van der Waals surface area contributed by atoms with Crippen molar-refractivity contribution in [2.75, 3.05) is 13.1 Å². The number of hydrogen-bond donors (Lipinski definition) is 1. The van der Waals surface area contributed by atoms with Crippen LogP contribution in [0.4, 0.5) is 13.2 Å². The Bertz CT molecular complexity index is 422. The van der Waals surface area contributed by atoms with Gasteiger partial charge in [0.1, 0.15) is 0 Å². The number of hydrogen-bond acceptors (Lipinski definition) is 3. The molecule has 1 amide bonds. The maximum absolute atomic E-state index is 12.3. The van der Waals surface area contributed by atoms with Crippen molar-refractivity contribution in [3.63, 3.8) is 0 Å². The van der Waals surface area contributed by atoms with Gasteiger partial charge in [0.15, 0.2) is 0 Å². The summed E-state index contributed by atoms with van der Waals surface area (Å²) < 4.78 is 36.8. The number of halogens is 3. The number of nitrogens with zero attached hydrogens (tertiary/aromatic N) is 1. The van der Waals surface area contributed by atoms with Gasteiger partial charge >= 0.3 is 12.1 Å². The number of likely N-dealkylation sites (tertiary alicyclic amines) is 1. The second-order valence-corrected chi connectivity index (χ2v) is 5.24. The molecule has 0 spiro atoms. The van der Waals surface area contributed by atoms with E-state index < -0.39 is 17.6 Å². The molecule has 0 aromatic carbocycles. The number of piperidine rings is 1. The average Bonchev–Trinajstić information content (AvgIpc) is 2.82. The molecule has 0 atom stereocenters. The second kappa shape index (κ2) is 4.55. The Balaban J connectivity index is 2.02. The SMILES string of the molecule is NC1(c2ccsc2)CCN(C(=O)C(F)(F)F)CC1. The molecule has 18 heavy (non-hydrogen) atoms. The van der Waals surface area contributed by atoms with Gasteiger partial charge < -0.3 is 10.6 Å². The standard InChI is InChI=1S/C11H13F3N2OS/c12-11(13,14)9(17)16-4-2-10(15,3-5-16)8-1-6-18-7-8/h1,6-7H,2-5,15H2. The molecule has 0 radical (unpaired) electrons. The van der Waals surface area contributed by atoms with E-state index in [-0.39, 0.29) is 13.1 Å². The summed E-state index contributed by atoms with van der Waals surface area (Å²) in [5.74, 6) is -1.77. The van der Waals surface area contributed by atoms with E-state index in [1.165, 1.54) is 11.3 Å². The summed E-state index contributed by atoms with van der Waals surface area (Å²) in [5, 5.41) is 3.79. The number of nitrogens with two attached hydrogens (primary N) is 1. The van der Waals surface area contributed by atoms with Gasteiger partial charge in [0.05, 0.1) is 0 Å². The van der Waals surface area contributed by atoms with E-state index in [0.717, 1.165) is 10.5 Å². The Hall–Kier alpha value is -1.08. The second-order valence-electron chi connectivity index (χ2n) is 4.46. The van der Waals surface area contributed by atoms with Crippen LogP contribution in [0.3, 0.4) is 0 Å². The zero-order valence-corrected chi connectivity index (χ0v) is 10.4. The quantitative estimate of drug-likeness (QED) is 0.855. The fourth-order valence-electron chi connectivity index (χ4n) is 2.12. The summed E-state index contributed by atoms with van der Waals surface area (Å²) in [6, 6.07) is 1.88. The maximum Gasteiger partial charge on any atom is 0.471 e. The third-order valence-corrected chi connectivity index (χ3v) is 3.96. The van der Waals surface area contributed by atoms with E-state index in [9.17, 15) is 18.0 Å². The molecule has 0 bridgehead atoms. The van der Waals surface area contributed by atoms with Crippen molar-refractivity contribution in [3.8, 4) is 0 Å². The molecule has 7 heteroatoms. The molecule has 1 aliphatic rings. The molecule has 0 saturated carbocycles. The first-order valence-corrected chi connectivity index (χ1v) is 6.45. The lowest BCUT2D eigenvalue weighted by atomic mass is 9.83. The summed E-state index contributed by atoms with van der Waals surface area (Å²) in [4.78, 5) is 11.9. The molecule has 2 heterocycles. The number of amides is 1. The highest BCUT2D eigenvalue weighted by molar-refractivity contribution is 7.08. The largest absolute Gasteiger partial charge is 0.471 e. The molecule has 1 aromatic rings. The van der Waals surface area contributed by atoms with E-state index in [0.29, 0.717) is 12.8 Å². The van der Waals surface area contributed by atoms with E-state index in [2.05, 4.69) is 0 Å². The number of rotatable bonds is 1. The number of alkyl halides is 3. The highest BCUT2D eigenvalue weighted by atomic mass is 32.1. The number of carbonyl (C=O) groups is 1. The van der Waals surface area contributed by atoms with Gasteiger partial charge in [0, 0.05) is 18.6 Å². The summed E-state index contributed by atoms with van der Waals surface area (Å²) in [5.41, 5.74) is 6.51. The smallest absolute Gasteiger partial charge is 0.335 e. The third kappa shape index (κ3) is 2.51. The fourth-order valence-corrected chi connectivity index (χ4v) is 2.89. The van der Waals surface area contributed by atoms with E-state index in [1.54, 1.807) is 0 Å². The topological polar surface area (TPSA) is 46.3 Å². The van der Waals surface area contributed by atoms with E-state index >= 15 is 0 Å². The van der Waals surface area contributed by atoms with Crippen LogP contribution in [0, 0.1) is 0 Å². The summed E-state index contributed by atoms with van der Waals surface area (Å²) >= 11 is 1.50. The minimum Gasteiger partial charge on any atom is -0.335 e. The molecule has 1 fully saturated rings. The average molecular weight is 278 g/mol. The van der Waals surface area contributed by atoms with Gasteiger partial charge in [0.25, 0.3) is 0 Å². The Kier molecular flexibility index (Phi) is 3.37. The molecule has 0 unspecified atom stereocenters. The van der Waals surface area contributed by atoms with Gasteiger partial charge in [0.2, 0.25) is 0 Å². The maximum atomic E-state index is 12.3. The normalized spacial score (nSPS) is 19.9. The van der Waals surface area contributed by atoms with Gasteiger partial charge in [-0.1, -0.05) is 0 Å². The Morgan fingerprint density at radius 1 is 1.39 bits per heavy atom.